The van der Waals surface area contributed by atoms with Gasteiger partial charge in [-0.05, 0) is 41.8 Å². The van der Waals surface area contributed by atoms with E-state index in [2.05, 4.69) is 23.6 Å². The fraction of sp³-hybridized carbons (Fsp3) is 0.241. The molecule has 1 aliphatic carbocycles. The van der Waals surface area contributed by atoms with Crippen LogP contribution in [0.4, 0.5) is 5.69 Å². The number of hydrogen-bond donors (Lipinski definition) is 0. The number of rotatable bonds is 6. The molecule has 5 nitrogen and oxygen atoms in total. The molecule has 0 aromatic heterocycles. The van der Waals surface area contributed by atoms with Crippen LogP contribution in [0.15, 0.2) is 91.1 Å². The molecule has 0 bridgehead atoms. The third kappa shape index (κ3) is 6.28. The summed E-state index contributed by atoms with van der Waals surface area (Å²) in [5, 5.41) is 0. The van der Waals surface area contributed by atoms with Crippen molar-refractivity contribution in [1.29, 1.82) is 0 Å². The number of nitrogens with zero attached hydrogens (tertiary/aromatic N) is 1. The predicted molar refractivity (Wildman–Crippen MR) is 143 cm³/mol. The van der Waals surface area contributed by atoms with E-state index >= 15 is 0 Å². The summed E-state index contributed by atoms with van der Waals surface area (Å²) in [6.45, 7) is 6.94. The van der Waals surface area contributed by atoms with Crippen LogP contribution in [0.2, 0.25) is 0 Å². The summed E-state index contributed by atoms with van der Waals surface area (Å²) in [5.41, 5.74) is 4.42. The van der Waals surface area contributed by atoms with Gasteiger partial charge >= 0.3 is 5.97 Å². The Morgan fingerprint density at radius 1 is 1.06 bits per heavy atom. The first kappa shape index (κ1) is 24.5. The molecule has 2 aromatic carbocycles. The molecule has 0 spiro atoms. The van der Waals surface area contributed by atoms with Crippen molar-refractivity contribution in [1.82, 2.24) is 0 Å². The van der Waals surface area contributed by atoms with E-state index in [4.69, 9.17) is 4.74 Å². The summed E-state index contributed by atoms with van der Waals surface area (Å²) in [6.07, 6.45) is 11.0. The quantitative estimate of drug-likeness (QED) is 0.322. The lowest BCUT2D eigenvalue weighted by molar-refractivity contribution is -0.145. The highest BCUT2D eigenvalue weighted by molar-refractivity contribution is 7.73. The number of carbonyl (C=O) groups excluding carboxylic acids is 1. The van der Waals surface area contributed by atoms with Crippen molar-refractivity contribution in [2.24, 2.45) is 5.92 Å². The first-order chi connectivity index (χ1) is 16.9. The Balaban J connectivity index is 1.38. The molecule has 1 atom stereocenters. The highest BCUT2D eigenvalue weighted by atomic mass is 32.2. The molecule has 0 amide bonds. The van der Waals surface area contributed by atoms with Crippen LogP contribution < -0.4 is 4.90 Å². The molecule has 0 radical (unpaired) electrons. The van der Waals surface area contributed by atoms with Crippen molar-refractivity contribution in [3.8, 4) is 0 Å². The van der Waals surface area contributed by atoms with Crippen LogP contribution in [0.25, 0.3) is 11.6 Å². The Kier molecular flexibility index (Phi) is 7.83. The molecule has 1 unspecified atom stereocenters. The molecule has 1 heterocycles. The Hall–Kier alpha value is -3.64. The van der Waals surface area contributed by atoms with Crippen molar-refractivity contribution in [3.05, 3.63) is 102 Å². The molecule has 180 valence electrons. The minimum atomic E-state index is -2.31. The average Bonchev–Trinajstić information content (AvgIpc) is 2.88. The summed E-state index contributed by atoms with van der Waals surface area (Å²) < 4.78 is 29.3. The topological polar surface area (TPSA) is 63.7 Å². The number of benzene rings is 2. The average molecular weight is 488 g/mol. The fourth-order valence-electron chi connectivity index (χ4n) is 4.22. The molecule has 0 N–H and O–H groups in total. The molecule has 1 saturated heterocycles. The third-order valence-corrected chi connectivity index (χ3v) is 7.00. The first-order valence-corrected chi connectivity index (χ1v) is 12.8. The zero-order chi connectivity index (χ0) is 24.8. The highest BCUT2D eigenvalue weighted by Crippen LogP contribution is 2.25. The van der Waals surface area contributed by atoms with Gasteiger partial charge in [0.15, 0.2) is 0 Å². The summed E-state index contributed by atoms with van der Waals surface area (Å²) in [4.78, 5) is 14.4. The van der Waals surface area contributed by atoms with Gasteiger partial charge in [-0.2, -0.15) is 8.42 Å². The van der Waals surface area contributed by atoms with E-state index < -0.39 is 10.3 Å². The second kappa shape index (κ2) is 11.2. The van der Waals surface area contributed by atoms with Crippen molar-refractivity contribution < 1.29 is 17.9 Å². The smallest absolute Gasteiger partial charge is 0.333 e. The fourth-order valence-corrected chi connectivity index (χ4v) is 4.83. The van der Waals surface area contributed by atoms with Gasteiger partial charge in [-0.15, -0.1) is 0 Å². The van der Waals surface area contributed by atoms with E-state index in [-0.39, 0.29) is 18.0 Å². The van der Waals surface area contributed by atoms with Crippen LogP contribution >= 0.6 is 0 Å². The minimum absolute atomic E-state index is 0.0605. The molecule has 2 aromatic rings. The molecule has 35 heavy (non-hydrogen) atoms. The third-order valence-electron chi connectivity index (χ3n) is 6.23. The second-order valence-corrected chi connectivity index (χ2v) is 9.75. The predicted octanol–water partition coefficient (Wildman–Crippen LogP) is 5.11. The van der Waals surface area contributed by atoms with Crippen molar-refractivity contribution in [2.45, 2.75) is 25.9 Å². The van der Waals surface area contributed by atoms with Gasteiger partial charge in [-0.25, -0.2) is 4.79 Å². The zero-order valence-electron chi connectivity index (χ0n) is 19.8. The van der Waals surface area contributed by atoms with Crippen LogP contribution in [0.5, 0.6) is 0 Å². The van der Waals surface area contributed by atoms with Gasteiger partial charge in [-0.3, -0.25) is 0 Å². The molecular weight excluding hydrogens is 458 g/mol. The van der Waals surface area contributed by atoms with Gasteiger partial charge in [0.25, 0.3) is 0 Å². The molecule has 1 aliphatic heterocycles. The van der Waals surface area contributed by atoms with Crippen molar-refractivity contribution in [2.75, 3.05) is 18.0 Å². The molecule has 6 heteroatoms. The molecule has 1 fully saturated rings. The Morgan fingerprint density at radius 2 is 1.74 bits per heavy atom. The van der Waals surface area contributed by atoms with Crippen LogP contribution in [-0.2, 0) is 19.8 Å². The maximum Gasteiger partial charge on any atom is 0.333 e. The normalized spacial score (nSPS) is 18.4. The van der Waals surface area contributed by atoms with Crippen LogP contribution in [0.1, 0.15) is 30.9 Å². The number of allylic oxidation sites excluding steroid dienone is 5. The first-order valence-electron chi connectivity index (χ1n) is 11.7. The number of carbonyl (C=O) groups is 1. The highest BCUT2D eigenvalue weighted by Gasteiger charge is 2.22. The maximum atomic E-state index is 11.9. The van der Waals surface area contributed by atoms with Gasteiger partial charge in [0.1, 0.15) is 6.10 Å². The van der Waals surface area contributed by atoms with E-state index in [1.165, 1.54) is 0 Å². The second-order valence-electron chi connectivity index (χ2n) is 8.81. The van der Waals surface area contributed by atoms with E-state index in [1.54, 1.807) is 13.0 Å². The van der Waals surface area contributed by atoms with Gasteiger partial charge in [0.05, 0.1) is 4.86 Å². The standard InChI is InChI=1S/C29H29NO4S/c1-21(2)29(31)34-27-16-18-30(19-17-27)26-14-9-22(10-15-26)8-11-24-12-13-25(20-28(24)35(32)33)23-6-4-3-5-7-23/h3-15,20,24,27H,1,16-19H2,2H3. The summed E-state index contributed by atoms with van der Waals surface area (Å²) in [6, 6.07) is 18.0. The lowest BCUT2D eigenvalue weighted by atomic mass is 9.92. The number of esters is 1. The largest absolute Gasteiger partial charge is 0.459 e. The van der Waals surface area contributed by atoms with Gasteiger partial charge in [-0.1, -0.05) is 73.3 Å². The SMILES string of the molecule is C=C(C)C(=O)OC1CCN(c2ccc(C=CC3C=CC(c4ccccc4)=CC3=S(=O)=O)cc2)CC1. The summed E-state index contributed by atoms with van der Waals surface area (Å²) in [5.74, 6) is -0.623. The zero-order valence-corrected chi connectivity index (χ0v) is 20.6. The van der Waals surface area contributed by atoms with Gasteiger partial charge < -0.3 is 9.64 Å². The van der Waals surface area contributed by atoms with E-state index in [0.29, 0.717) is 10.4 Å². The lowest BCUT2D eigenvalue weighted by Crippen LogP contribution is -2.37. The lowest BCUT2D eigenvalue weighted by Gasteiger charge is -2.33. The Bertz CT molecular complexity index is 1300. The van der Waals surface area contributed by atoms with Crippen LogP contribution in [-0.4, -0.2) is 38.4 Å². The van der Waals surface area contributed by atoms with Crippen LogP contribution in [0.3, 0.4) is 0 Å². The summed E-state index contributed by atoms with van der Waals surface area (Å²) in [7, 11) is -2.31. The monoisotopic (exact) mass is 487 g/mol. The number of hydrogen-bond acceptors (Lipinski definition) is 5. The van der Waals surface area contributed by atoms with Crippen LogP contribution in [0, 0.1) is 5.92 Å². The summed E-state index contributed by atoms with van der Waals surface area (Å²) >= 11 is 0. The van der Waals surface area contributed by atoms with E-state index in [0.717, 1.165) is 48.3 Å². The molecule has 0 saturated carbocycles. The van der Waals surface area contributed by atoms with Gasteiger partial charge in [0, 0.05) is 43.1 Å². The molecule has 2 aliphatic rings. The van der Waals surface area contributed by atoms with Crippen molar-refractivity contribution >= 4 is 38.5 Å². The molecular formula is C29H29NO4S. The van der Waals surface area contributed by atoms with E-state index in [9.17, 15) is 13.2 Å². The minimum Gasteiger partial charge on any atom is -0.459 e. The number of anilines is 1. The van der Waals surface area contributed by atoms with E-state index in [1.807, 2.05) is 66.8 Å². The Morgan fingerprint density at radius 3 is 2.37 bits per heavy atom. The van der Waals surface area contributed by atoms with Gasteiger partial charge in [0.2, 0.25) is 10.3 Å². The number of piperidine rings is 1. The molecule has 4 rings (SSSR count). The Labute approximate surface area is 208 Å². The maximum absolute atomic E-state index is 11.9. The number of ether oxygens (including phenoxy) is 1. The van der Waals surface area contributed by atoms with Crippen molar-refractivity contribution in [3.63, 3.8) is 0 Å².